The van der Waals surface area contributed by atoms with E-state index >= 15 is 0 Å². The minimum absolute atomic E-state index is 0.0722. The van der Waals surface area contributed by atoms with Crippen molar-refractivity contribution in [3.63, 3.8) is 0 Å². The van der Waals surface area contributed by atoms with Crippen LogP contribution in [0.15, 0.2) is 42.5 Å². The average molecular weight is 458 g/mol. The molecule has 0 saturated heterocycles. The van der Waals surface area contributed by atoms with Gasteiger partial charge in [0.2, 0.25) is 5.91 Å². The topological polar surface area (TPSA) is 110 Å². The molecule has 9 heteroatoms. The number of carboxylic acid groups (broad SMARTS) is 1. The largest absolute Gasteiger partial charge is 0.497 e. The summed E-state index contributed by atoms with van der Waals surface area (Å²) < 4.78 is 6.93. The van der Waals surface area contributed by atoms with Crippen LogP contribution in [0.3, 0.4) is 0 Å². The van der Waals surface area contributed by atoms with Crippen molar-refractivity contribution < 1.29 is 24.2 Å². The smallest absolute Gasteiger partial charge is 0.404 e. The zero-order valence-corrected chi connectivity index (χ0v) is 18.5. The molecule has 32 heavy (non-hydrogen) atoms. The molecule has 1 aromatic heterocycles. The van der Waals surface area contributed by atoms with E-state index in [1.165, 1.54) is 0 Å². The van der Waals surface area contributed by atoms with Crippen molar-refractivity contribution in [3.8, 4) is 5.75 Å². The van der Waals surface area contributed by atoms with Crippen LogP contribution in [0.25, 0.3) is 10.9 Å². The maximum absolute atomic E-state index is 13.3. The first-order chi connectivity index (χ1) is 15.3. The van der Waals surface area contributed by atoms with Gasteiger partial charge in [-0.15, -0.1) is 0 Å². The number of hydrogen-bond donors (Lipinski definition) is 3. The van der Waals surface area contributed by atoms with Gasteiger partial charge in [0.05, 0.1) is 19.0 Å². The van der Waals surface area contributed by atoms with Crippen LogP contribution in [0, 0.1) is 6.92 Å². The van der Waals surface area contributed by atoms with Gasteiger partial charge in [0.1, 0.15) is 5.75 Å². The SMILES string of the molecule is COc1ccc2c(c1)c(CC(=O)NCCCNC(=O)O)c(C)n2C(=O)c1ccc(Cl)cc1. The third-order valence-electron chi connectivity index (χ3n) is 5.13. The number of fused-ring (bicyclic) bond motifs is 1. The fourth-order valence-electron chi connectivity index (χ4n) is 3.53. The number of benzene rings is 2. The maximum atomic E-state index is 13.3. The van der Waals surface area contributed by atoms with Crippen LogP contribution in [0.2, 0.25) is 5.02 Å². The van der Waals surface area contributed by atoms with Crippen molar-refractivity contribution in [2.75, 3.05) is 20.2 Å². The molecule has 3 N–H and O–H groups in total. The van der Waals surface area contributed by atoms with Crippen molar-refractivity contribution in [3.05, 3.63) is 64.3 Å². The van der Waals surface area contributed by atoms with E-state index in [9.17, 15) is 14.4 Å². The first-order valence-corrected chi connectivity index (χ1v) is 10.4. The minimum atomic E-state index is -1.10. The average Bonchev–Trinajstić information content (AvgIpc) is 3.03. The number of halogens is 1. The van der Waals surface area contributed by atoms with E-state index in [1.54, 1.807) is 55.0 Å². The van der Waals surface area contributed by atoms with Crippen molar-refractivity contribution >= 4 is 40.4 Å². The number of amides is 2. The summed E-state index contributed by atoms with van der Waals surface area (Å²) in [6, 6.07) is 12.0. The summed E-state index contributed by atoms with van der Waals surface area (Å²) >= 11 is 5.95. The predicted molar refractivity (Wildman–Crippen MR) is 122 cm³/mol. The second-order valence-corrected chi connectivity index (χ2v) is 7.64. The Bertz CT molecular complexity index is 1150. The summed E-state index contributed by atoms with van der Waals surface area (Å²) in [5, 5.41) is 14.9. The van der Waals surface area contributed by atoms with Crippen LogP contribution in [-0.4, -0.2) is 47.8 Å². The van der Waals surface area contributed by atoms with Gasteiger partial charge < -0.3 is 20.5 Å². The fraction of sp³-hybridized carbons (Fsp3) is 0.261. The van der Waals surface area contributed by atoms with Gasteiger partial charge in [0.15, 0.2) is 0 Å². The summed E-state index contributed by atoms with van der Waals surface area (Å²) in [6.07, 6.45) is -0.552. The van der Waals surface area contributed by atoms with Crippen LogP contribution in [-0.2, 0) is 11.2 Å². The summed E-state index contributed by atoms with van der Waals surface area (Å²) in [4.78, 5) is 36.3. The number of carbonyl (C=O) groups is 3. The number of carbonyl (C=O) groups excluding carboxylic acids is 2. The monoisotopic (exact) mass is 457 g/mol. The van der Waals surface area contributed by atoms with Crippen LogP contribution < -0.4 is 15.4 Å². The van der Waals surface area contributed by atoms with Gasteiger partial charge in [-0.1, -0.05) is 11.6 Å². The summed E-state index contributed by atoms with van der Waals surface area (Å²) in [7, 11) is 1.56. The quantitative estimate of drug-likeness (QED) is 0.447. The molecule has 0 fully saturated rings. The molecule has 0 aliphatic heterocycles. The molecule has 2 amide bonds. The molecular weight excluding hydrogens is 434 g/mol. The molecule has 8 nitrogen and oxygen atoms in total. The van der Waals surface area contributed by atoms with Gasteiger partial charge in [-0.05, 0) is 61.4 Å². The molecule has 0 radical (unpaired) electrons. The Labute approximate surface area is 190 Å². The fourth-order valence-corrected chi connectivity index (χ4v) is 3.66. The zero-order valence-electron chi connectivity index (χ0n) is 17.8. The van der Waals surface area contributed by atoms with Gasteiger partial charge in [-0.2, -0.15) is 0 Å². The highest BCUT2D eigenvalue weighted by Gasteiger charge is 2.22. The Hall–Kier alpha value is -3.52. The van der Waals surface area contributed by atoms with Gasteiger partial charge >= 0.3 is 6.09 Å². The third-order valence-corrected chi connectivity index (χ3v) is 5.38. The minimum Gasteiger partial charge on any atom is -0.497 e. The Morgan fingerprint density at radius 1 is 1.06 bits per heavy atom. The molecule has 2 aromatic carbocycles. The van der Waals surface area contributed by atoms with Gasteiger partial charge in [-0.25, -0.2) is 4.79 Å². The Kier molecular flexibility index (Phi) is 7.37. The second kappa shape index (κ2) is 10.2. The zero-order chi connectivity index (χ0) is 23.3. The van der Waals surface area contributed by atoms with Gasteiger partial charge in [-0.3, -0.25) is 14.2 Å². The van der Waals surface area contributed by atoms with Crippen LogP contribution in [0.4, 0.5) is 4.79 Å². The number of rotatable bonds is 8. The molecule has 168 valence electrons. The highest BCUT2D eigenvalue weighted by Crippen LogP contribution is 2.30. The molecule has 3 rings (SSSR count). The summed E-state index contributed by atoms with van der Waals surface area (Å²) in [5.74, 6) is 0.181. The highest BCUT2D eigenvalue weighted by atomic mass is 35.5. The number of nitrogens with zero attached hydrogens (tertiary/aromatic N) is 1. The van der Waals surface area contributed by atoms with Crippen molar-refractivity contribution in [2.45, 2.75) is 19.8 Å². The van der Waals surface area contributed by atoms with Crippen molar-refractivity contribution in [1.29, 1.82) is 0 Å². The van der Waals surface area contributed by atoms with E-state index in [4.69, 9.17) is 21.4 Å². The molecule has 0 bridgehead atoms. The maximum Gasteiger partial charge on any atom is 0.404 e. The molecular formula is C23H24ClN3O5. The molecule has 0 atom stereocenters. The molecule has 0 aliphatic rings. The predicted octanol–water partition coefficient (Wildman–Crippen LogP) is 3.62. The van der Waals surface area contributed by atoms with Crippen LogP contribution in [0.1, 0.15) is 28.0 Å². The van der Waals surface area contributed by atoms with E-state index in [-0.39, 0.29) is 24.8 Å². The van der Waals surface area contributed by atoms with Gasteiger partial charge in [0.25, 0.3) is 5.91 Å². The van der Waals surface area contributed by atoms with Crippen LogP contribution in [0.5, 0.6) is 5.75 Å². The number of ether oxygens (including phenoxy) is 1. The summed E-state index contributed by atoms with van der Waals surface area (Å²) in [6.45, 7) is 2.39. The number of aromatic nitrogens is 1. The lowest BCUT2D eigenvalue weighted by Gasteiger charge is -2.08. The molecule has 0 spiro atoms. The first-order valence-electron chi connectivity index (χ1n) is 10.0. The number of hydrogen-bond acceptors (Lipinski definition) is 4. The first kappa shape index (κ1) is 23.1. The lowest BCUT2D eigenvalue weighted by molar-refractivity contribution is -0.120. The lowest BCUT2D eigenvalue weighted by Crippen LogP contribution is -2.30. The van der Waals surface area contributed by atoms with E-state index in [2.05, 4.69) is 10.6 Å². The number of methoxy groups -OCH3 is 1. The van der Waals surface area contributed by atoms with E-state index in [0.717, 1.165) is 10.9 Å². The van der Waals surface area contributed by atoms with Crippen molar-refractivity contribution in [2.24, 2.45) is 0 Å². The highest BCUT2D eigenvalue weighted by molar-refractivity contribution is 6.30. The molecule has 0 aliphatic carbocycles. The normalized spacial score (nSPS) is 10.7. The van der Waals surface area contributed by atoms with Crippen LogP contribution >= 0.6 is 11.6 Å². The molecule has 1 heterocycles. The lowest BCUT2D eigenvalue weighted by atomic mass is 10.1. The molecule has 3 aromatic rings. The molecule has 0 unspecified atom stereocenters. The van der Waals surface area contributed by atoms with Crippen molar-refractivity contribution in [1.82, 2.24) is 15.2 Å². The molecule has 0 saturated carbocycles. The Morgan fingerprint density at radius 3 is 2.41 bits per heavy atom. The Balaban J connectivity index is 1.89. The van der Waals surface area contributed by atoms with E-state index < -0.39 is 6.09 Å². The second-order valence-electron chi connectivity index (χ2n) is 7.21. The Morgan fingerprint density at radius 2 is 1.75 bits per heavy atom. The standard InChI is InChI=1S/C23H24ClN3O5/c1-14-18(13-21(28)25-10-3-11-26-23(30)31)19-12-17(32-2)8-9-20(19)27(14)22(29)15-4-6-16(24)7-5-15/h4-9,12,26H,3,10-11,13H2,1-2H3,(H,25,28)(H,30,31). The van der Waals surface area contributed by atoms with Gasteiger partial charge in [0, 0.05) is 34.8 Å². The summed E-state index contributed by atoms with van der Waals surface area (Å²) in [5.41, 5.74) is 2.54. The van der Waals surface area contributed by atoms with E-state index in [0.29, 0.717) is 40.5 Å². The number of nitrogens with one attached hydrogen (secondary N) is 2. The third kappa shape index (κ3) is 5.20. The van der Waals surface area contributed by atoms with E-state index in [1.807, 2.05) is 6.07 Å².